The molecule has 1 fully saturated rings. The fraction of sp³-hybridized carbons (Fsp3) is 0.857. The molecule has 1 heterocycles. The van der Waals surface area contributed by atoms with Crippen molar-refractivity contribution in [3.63, 3.8) is 0 Å². The molecular formula is C14H26N2O3. The van der Waals surface area contributed by atoms with Crippen molar-refractivity contribution >= 4 is 11.8 Å². The fourth-order valence-electron chi connectivity index (χ4n) is 2.39. The SMILES string of the molecule is CCCOCCN1C(=O)C(CCC)NC(=O)C1CC. The van der Waals surface area contributed by atoms with Crippen LogP contribution in [0.5, 0.6) is 0 Å². The van der Waals surface area contributed by atoms with Crippen LogP contribution in [-0.4, -0.2) is 48.6 Å². The average molecular weight is 270 g/mol. The Morgan fingerprint density at radius 1 is 1.16 bits per heavy atom. The Balaban J connectivity index is 2.64. The van der Waals surface area contributed by atoms with E-state index in [9.17, 15) is 9.59 Å². The Morgan fingerprint density at radius 2 is 1.89 bits per heavy atom. The van der Waals surface area contributed by atoms with Crippen molar-refractivity contribution in [2.75, 3.05) is 19.8 Å². The summed E-state index contributed by atoms with van der Waals surface area (Å²) >= 11 is 0. The smallest absolute Gasteiger partial charge is 0.245 e. The summed E-state index contributed by atoms with van der Waals surface area (Å²) in [5, 5.41) is 2.83. The van der Waals surface area contributed by atoms with Crippen LogP contribution in [0.1, 0.15) is 46.5 Å². The number of hydrogen-bond donors (Lipinski definition) is 1. The average Bonchev–Trinajstić information content (AvgIpc) is 2.40. The molecule has 110 valence electrons. The van der Waals surface area contributed by atoms with E-state index >= 15 is 0 Å². The summed E-state index contributed by atoms with van der Waals surface area (Å²) in [4.78, 5) is 26.0. The lowest BCUT2D eigenvalue weighted by molar-refractivity contribution is -0.150. The minimum Gasteiger partial charge on any atom is -0.380 e. The minimum absolute atomic E-state index is 0.0314. The van der Waals surface area contributed by atoms with E-state index in [0.717, 1.165) is 12.8 Å². The molecule has 2 amide bonds. The summed E-state index contributed by atoms with van der Waals surface area (Å²) in [6, 6.07) is -0.697. The molecular weight excluding hydrogens is 244 g/mol. The first-order valence-corrected chi connectivity index (χ1v) is 7.34. The quantitative estimate of drug-likeness (QED) is 0.677. The number of carbonyl (C=O) groups excluding carboxylic acids is 2. The molecule has 0 aliphatic carbocycles. The zero-order valence-corrected chi connectivity index (χ0v) is 12.3. The third-order valence-electron chi connectivity index (χ3n) is 3.37. The third kappa shape index (κ3) is 4.20. The first-order chi connectivity index (χ1) is 9.15. The van der Waals surface area contributed by atoms with Gasteiger partial charge in [0.25, 0.3) is 0 Å². The number of hydrogen-bond acceptors (Lipinski definition) is 3. The monoisotopic (exact) mass is 270 g/mol. The zero-order chi connectivity index (χ0) is 14.3. The lowest BCUT2D eigenvalue weighted by Crippen LogP contribution is -2.63. The molecule has 1 rings (SSSR count). The summed E-state index contributed by atoms with van der Waals surface area (Å²) in [5.41, 5.74) is 0. The molecule has 0 bridgehead atoms. The van der Waals surface area contributed by atoms with Gasteiger partial charge in [0.15, 0.2) is 0 Å². The molecule has 0 aromatic carbocycles. The van der Waals surface area contributed by atoms with Gasteiger partial charge in [-0.3, -0.25) is 9.59 Å². The number of ether oxygens (including phenoxy) is 1. The highest BCUT2D eigenvalue weighted by molar-refractivity contribution is 5.96. The molecule has 2 unspecified atom stereocenters. The fourth-order valence-corrected chi connectivity index (χ4v) is 2.39. The Bertz CT molecular complexity index is 307. The molecule has 0 saturated carbocycles. The maximum atomic E-state index is 12.3. The van der Waals surface area contributed by atoms with Crippen molar-refractivity contribution in [1.82, 2.24) is 10.2 Å². The van der Waals surface area contributed by atoms with Gasteiger partial charge in [-0.2, -0.15) is 0 Å². The number of piperazine rings is 1. The van der Waals surface area contributed by atoms with E-state index in [4.69, 9.17) is 4.74 Å². The van der Waals surface area contributed by atoms with Gasteiger partial charge < -0.3 is 15.0 Å². The summed E-state index contributed by atoms with van der Waals surface area (Å²) in [5.74, 6) is 0.00411. The van der Waals surface area contributed by atoms with Crippen LogP contribution in [0, 0.1) is 0 Å². The standard InChI is InChI=1S/C14H26N2O3/c1-4-7-11-14(18)16(8-10-19-9-5-2)12(6-3)13(17)15-11/h11-12H,4-10H2,1-3H3,(H,15,17). The first kappa shape index (κ1) is 16.0. The van der Waals surface area contributed by atoms with Crippen molar-refractivity contribution in [1.29, 1.82) is 0 Å². The van der Waals surface area contributed by atoms with Crippen molar-refractivity contribution < 1.29 is 14.3 Å². The van der Waals surface area contributed by atoms with Crippen molar-refractivity contribution in [3.05, 3.63) is 0 Å². The number of nitrogens with zero attached hydrogens (tertiary/aromatic N) is 1. The predicted octanol–water partition coefficient (Wildman–Crippen LogP) is 1.32. The van der Waals surface area contributed by atoms with Gasteiger partial charge in [-0.15, -0.1) is 0 Å². The van der Waals surface area contributed by atoms with Gasteiger partial charge in [0, 0.05) is 13.2 Å². The minimum atomic E-state index is -0.355. The topological polar surface area (TPSA) is 58.6 Å². The van der Waals surface area contributed by atoms with Gasteiger partial charge in [0.05, 0.1) is 6.61 Å². The molecule has 1 aliphatic heterocycles. The van der Waals surface area contributed by atoms with Crippen molar-refractivity contribution in [2.45, 2.75) is 58.5 Å². The van der Waals surface area contributed by atoms with Crippen LogP contribution >= 0.6 is 0 Å². The molecule has 2 atom stereocenters. The van der Waals surface area contributed by atoms with E-state index in [-0.39, 0.29) is 23.9 Å². The lowest BCUT2D eigenvalue weighted by atomic mass is 10.0. The number of nitrogens with one attached hydrogen (secondary N) is 1. The van der Waals surface area contributed by atoms with Gasteiger partial charge in [-0.05, 0) is 19.3 Å². The molecule has 5 heteroatoms. The van der Waals surface area contributed by atoms with Crippen LogP contribution in [0.2, 0.25) is 0 Å². The highest BCUT2D eigenvalue weighted by Gasteiger charge is 2.38. The van der Waals surface area contributed by atoms with Crippen molar-refractivity contribution in [3.8, 4) is 0 Å². The lowest BCUT2D eigenvalue weighted by Gasteiger charge is -2.38. The molecule has 1 N–H and O–H groups in total. The normalized spacial score (nSPS) is 23.6. The molecule has 5 nitrogen and oxygen atoms in total. The second-order valence-corrected chi connectivity index (χ2v) is 4.92. The maximum Gasteiger partial charge on any atom is 0.245 e. The Labute approximate surface area is 115 Å². The number of rotatable bonds is 8. The van der Waals surface area contributed by atoms with Gasteiger partial charge >= 0.3 is 0 Å². The van der Waals surface area contributed by atoms with Crippen LogP contribution in [0.3, 0.4) is 0 Å². The molecule has 1 saturated heterocycles. The van der Waals surface area contributed by atoms with Crippen LogP contribution < -0.4 is 5.32 Å². The largest absolute Gasteiger partial charge is 0.380 e. The predicted molar refractivity (Wildman–Crippen MR) is 73.7 cm³/mol. The molecule has 0 radical (unpaired) electrons. The highest BCUT2D eigenvalue weighted by atomic mass is 16.5. The molecule has 19 heavy (non-hydrogen) atoms. The first-order valence-electron chi connectivity index (χ1n) is 7.34. The Kier molecular flexibility index (Phi) is 6.84. The maximum absolute atomic E-state index is 12.3. The van der Waals surface area contributed by atoms with E-state index < -0.39 is 0 Å². The Hall–Kier alpha value is -1.10. The van der Waals surface area contributed by atoms with Gasteiger partial charge in [0.2, 0.25) is 11.8 Å². The van der Waals surface area contributed by atoms with Gasteiger partial charge in [-0.1, -0.05) is 27.2 Å². The Morgan fingerprint density at radius 3 is 2.47 bits per heavy atom. The van der Waals surface area contributed by atoms with E-state index in [2.05, 4.69) is 5.32 Å². The van der Waals surface area contributed by atoms with Gasteiger partial charge in [-0.25, -0.2) is 0 Å². The zero-order valence-electron chi connectivity index (χ0n) is 12.3. The molecule has 0 aromatic rings. The van der Waals surface area contributed by atoms with E-state index in [1.807, 2.05) is 20.8 Å². The third-order valence-corrected chi connectivity index (χ3v) is 3.37. The second-order valence-electron chi connectivity index (χ2n) is 4.92. The number of amides is 2. The van der Waals surface area contributed by atoms with Crippen LogP contribution in [0.4, 0.5) is 0 Å². The molecule has 1 aliphatic rings. The van der Waals surface area contributed by atoms with E-state index in [0.29, 0.717) is 32.6 Å². The van der Waals surface area contributed by atoms with Gasteiger partial charge in [0.1, 0.15) is 12.1 Å². The summed E-state index contributed by atoms with van der Waals surface area (Å²) in [7, 11) is 0. The summed E-state index contributed by atoms with van der Waals surface area (Å²) in [6.07, 6.45) is 3.19. The molecule has 0 spiro atoms. The van der Waals surface area contributed by atoms with Crippen LogP contribution in [0.25, 0.3) is 0 Å². The summed E-state index contributed by atoms with van der Waals surface area (Å²) < 4.78 is 5.43. The van der Waals surface area contributed by atoms with Crippen LogP contribution in [-0.2, 0) is 14.3 Å². The van der Waals surface area contributed by atoms with E-state index in [1.54, 1.807) is 4.90 Å². The highest BCUT2D eigenvalue weighted by Crippen LogP contribution is 2.15. The number of carbonyl (C=O) groups is 2. The van der Waals surface area contributed by atoms with Crippen LogP contribution in [0.15, 0.2) is 0 Å². The molecule has 0 aromatic heterocycles. The second kappa shape index (κ2) is 8.15. The summed E-state index contributed by atoms with van der Waals surface area (Å²) in [6.45, 7) is 7.69. The van der Waals surface area contributed by atoms with Crippen molar-refractivity contribution in [2.24, 2.45) is 0 Å². The van der Waals surface area contributed by atoms with E-state index in [1.165, 1.54) is 0 Å².